The lowest BCUT2D eigenvalue weighted by molar-refractivity contribution is -0.137. The van der Waals surface area contributed by atoms with Crippen molar-refractivity contribution in [3.8, 4) is 16.9 Å². The van der Waals surface area contributed by atoms with Crippen LogP contribution in [-0.2, 0) is 6.18 Å². The van der Waals surface area contributed by atoms with E-state index in [2.05, 4.69) is 5.32 Å². The highest BCUT2D eigenvalue weighted by Gasteiger charge is 2.34. The van der Waals surface area contributed by atoms with Crippen LogP contribution >= 0.6 is 11.6 Å². The highest BCUT2D eigenvalue weighted by atomic mass is 35.5. The van der Waals surface area contributed by atoms with Gasteiger partial charge in [-0.2, -0.15) is 13.2 Å². The molecule has 0 bridgehead atoms. The Morgan fingerprint density at radius 1 is 1.22 bits per heavy atom. The SMILES string of the molecule is NC[C@H]1COc2cc(Cl)cc(-c3ccccc3C(F)(F)F)c2N1. The number of anilines is 1. The van der Waals surface area contributed by atoms with Gasteiger partial charge in [-0.15, -0.1) is 0 Å². The summed E-state index contributed by atoms with van der Waals surface area (Å²) < 4.78 is 45.5. The van der Waals surface area contributed by atoms with Crippen molar-refractivity contribution in [1.29, 1.82) is 0 Å². The third kappa shape index (κ3) is 3.09. The second-order valence-electron chi connectivity index (χ2n) is 5.26. The van der Waals surface area contributed by atoms with Gasteiger partial charge in [0.1, 0.15) is 12.4 Å². The van der Waals surface area contributed by atoms with Crippen LogP contribution < -0.4 is 15.8 Å². The molecule has 2 aromatic carbocycles. The Bertz CT molecular complexity index is 734. The molecule has 0 unspecified atom stereocenters. The second kappa shape index (κ2) is 5.94. The summed E-state index contributed by atoms with van der Waals surface area (Å²) in [6.07, 6.45) is -4.46. The maximum Gasteiger partial charge on any atom is 0.417 e. The lowest BCUT2D eigenvalue weighted by atomic mass is 9.96. The van der Waals surface area contributed by atoms with Gasteiger partial charge in [0.15, 0.2) is 0 Å². The van der Waals surface area contributed by atoms with Gasteiger partial charge in [-0.3, -0.25) is 0 Å². The summed E-state index contributed by atoms with van der Waals surface area (Å²) in [4.78, 5) is 0. The second-order valence-corrected chi connectivity index (χ2v) is 5.69. The van der Waals surface area contributed by atoms with Gasteiger partial charge in [0.25, 0.3) is 0 Å². The van der Waals surface area contributed by atoms with Gasteiger partial charge in [-0.1, -0.05) is 29.8 Å². The molecule has 0 saturated heterocycles. The first-order valence-corrected chi connectivity index (χ1v) is 7.37. The van der Waals surface area contributed by atoms with Crippen molar-refractivity contribution in [3.05, 3.63) is 47.0 Å². The topological polar surface area (TPSA) is 47.3 Å². The van der Waals surface area contributed by atoms with E-state index in [9.17, 15) is 13.2 Å². The fourth-order valence-corrected chi connectivity index (χ4v) is 2.79. The molecule has 1 aliphatic rings. The largest absolute Gasteiger partial charge is 0.489 e. The molecular formula is C16H14ClF3N2O. The van der Waals surface area contributed by atoms with Crippen LogP contribution in [0.5, 0.6) is 5.75 Å². The van der Waals surface area contributed by atoms with Crippen LogP contribution in [-0.4, -0.2) is 19.2 Å². The molecule has 0 spiro atoms. The van der Waals surface area contributed by atoms with Crippen LogP contribution in [0.4, 0.5) is 18.9 Å². The van der Waals surface area contributed by atoms with Crippen molar-refractivity contribution in [2.45, 2.75) is 12.2 Å². The van der Waals surface area contributed by atoms with Crippen LogP contribution in [0.3, 0.4) is 0 Å². The summed E-state index contributed by atoms with van der Waals surface area (Å²) in [7, 11) is 0. The molecule has 0 amide bonds. The molecule has 0 saturated carbocycles. The molecule has 0 radical (unpaired) electrons. The Balaban J connectivity index is 2.20. The quantitative estimate of drug-likeness (QED) is 0.861. The Morgan fingerprint density at radius 3 is 2.65 bits per heavy atom. The zero-order valence-electron chi connectivity index (χ0n) is 12.0. The predicted molar refractivity (Wildman–Crippen MR) is 83.9 cm³/mol. The number of halogens is 4. The Hall–Kier alpha value is -1.92. The van der Waals surface area contributed by atoms with Gasteiger partial charge in [-0.05, 0) is 17.7 Å². The van der Waals surface area contributed by atoms with E-state index in [-0.39, 0.29) is 11.6 Å². The Labute approximate surface area is 136 Å². The van der Waals surface area contributed by atoms with E-state index in [0.29, 0.717) is 35.2 Å². The van der Waals surface area contributed by atoms with Crippen LogP contribution in [0, 0.1) is 0 Å². The molecule has 1 heterocycles. The molecular weight excluding hydrogens is 329 g/mol. The first-order chi connectivity index (χ1) is 10.9. The zero-order valence-corrected chi connectivity index (χ0v) is 12.7. The average molecular weight is 343 g/mol. The van der Waals surface area contributed by atoms with E-state index >= 15 is 0 Å². The molecule has 7 heteroatoms. The van der Waals surface area contributed by atoms with Crippen LogP contribution in [0.25, 0.3) is 11.1 Å². The van der Waals surface area contributed by atoms with Gasteiger partial charge in [0.2, 0.25) is 0 Å². The molecule has 3 rings (SSSR count). The van der Waals surface area contributed by atoms with Gasteiger partial charge < -0.3 is 15.8 Å². The summed E-state index contributed by atoms with van der Waals surface area (Å²) in [6, 6.07) is 8.30. The highest BCUT2D eigenvalue weighted by molar-refractivity contribution is 6.31. The standard InChI is InChI=1S/C16H14ClF3N2O/c17-9-5-12(11-3-1-2-4-13(11)16(18,19)20)15-14(6-9)23-8-10(7-21)22-15/h1-6,10,22H,7-8,21H2/t10-/m0/s1. The van der Waals surface area contributed by atoms with Crippen molar-refractivity contribution in [2.24, 2.45) is 5.73 Å². The molecule has 0 aromatic heterocycles. The fourth-order valence-electron chi connectivity index (χ4n) is 2.59. The van der Waals surface area contributed by atoms with E-state index < -0.39 is 11.7 Å². The minimum atomic E-state index is -4.46. The van der Waals surface area contributed by atoms with E-state index in [1.165, 1.54) is 18.2 Å². The Morgan fingerprint density at radius 2 is 1.96 bits per heavy atom. The number of nitrogens with two attached hydrogens (primary N) is 1. The molecule has 1 atom stereocenters. The van der Waals surface area contributed by atoms with Crippen molar-refractivity contribution < 1.29 is 17.9 Å². The number of alkyl halides is 3. The van der Waals surface area contributed by atoms with Crippen molar-refractivity contribution in [3.63, 3.8) is 0 Å². The van der Waals surface area contributed by atoms with Crippen molar-refractivity contribution in [2.75, 3.05) is 18.5 Å². The van der Waals surface area contributed by atoms with Crippen LogP contribution in [0.15, 0.2) is 36.4 Å². The first kappa shape index (κ1) is 16.0. The Kier molecular flexibility index (Phi) is 4.12. The highest BCUT2D eigenvalue weighted by Crippen LogP contribution is 2.45. The van der Waals surface area contributed by atoms with Gasteiger partial charge >= 0.3 is 6.18 Å². The molecule has 0 fully saturated rings. The smallest absolute Gasteiger partial charge is 0.417 e. The average Bonchev–Trinajstić information content (AvgIpc) is 2.53. The minimum absolute atomic E-state index is 0.0486. The number of ether oxygens (including phenoxy) is 1. The first-order valence-electron chi connectivity index (χ1n) is 6.99. The molecule has 122 valence electrons. The summed E-state index contributed by atoms with van der Waals surface area (Å²) in [5.74, 6) is 0.425. The van der Waals surface area contributed by atoms with Gasteiger partial charge in [0.05, 0.1) is 17.3 Å². The monoisotopic (exact) mass is 342 g/mol. The summed E-state index contributed by atoms with van der Waals surface area (Å²) in [5, 5.41) is 3.45. The number of benzene rings is 2. The van der Waals surface area contributed by atoms with Crippen LogP contribution in [0.1, 0.15) is 5.56 Å². The third-order valence-corrected chi connectivity index (χ3v) is 3.88. The zero-order chi connectivity index (χ0) is 16.6. The van der Waals surface area contributed by atoms with E-state index in [1.807, 2.05) is 0 Å². The van der Waals surface area contributed by atoms with Gasteiger partial charge in [0, 0.05) is 23.2 Å². The summed E-state index contributed by atoms with van der Waals surface area (Å²) >= 11 is 6.05. The maximum atomic E-state index is 13.3. The number of hydrogen-bond donors (Lipinski definition) is 2. The number of fused-ring (bicyclic) bond motifs is 1. The molecule has 3 N–H and O–H groups in total. The lowest BCUT2D eigenvalue weighted by Crippen LogP contribution is -2.37. The molecule has 0 aliphatic carbocycles. The van der Waals surface area contributed by atoms with Crippen LogP contribution in [0.2, 0.25) is 5.02 Å². The molecule has 2 aromatic rings. The molecule has 23 heavy (non-hydrogen) atoms. The predicted octanol–water partition coefficient (Wildman–Crippen LogP) is 4.16. The summed E-state index contributed by atoms with van der Waals surface area (Å²) in [6.45, 7) is 0.645. The maximum absolute atomic E-state index is 13.3. The van der Waals surface area contributed by atoms with Crippen molar-refractivity contribution in [1.82, 2.24) is 0 Å². The number of rotatable bonds is 2. The minimum Gasteiger partial charge on any atom is -0.489 e. The molecule has 1 aliphatic heterocycles. The van der Waals surface area contributed by atoms with Crippen molar-refractivity contribution >= 4 is 17.3 Å². The van der Waals surface area contributed by atoms with E-state index in [1.54, 1.807) is 12.1 Å². The third-order valence-electron chi connectivity index (χ3n) is 3.66. The van der Waals surface area contributed by atoms with E-state index in [4.69, 9.17) is 22.1 Å². The number of hydrogen-bond acceptors (Lipinski definition) is 3. The normalized spacial score (nSPS) is 17.2. The summed E-state index contributed by atoms with van der Waals surface area (Å²) in [5.41, 5.74) is 5.78. The van der Waals surface area contributed by atoms with Gasteiger partial charge in [-0.25, -0.2) is 0 Å². The van der Waals surface area contributed by atoms with E-state index in [0.717, 1.165) is 6.07 Å². The number of nitrogens with one attached hydrogen (secondary N) is 1. The fraction of sp³-hybridized carbons (Fsp3) is 0.250. The molecule has 3 nitrogen and oxygen atoms in total. The lowest BCUT2D eigenvalue weighted by Gasteiger charge is -2.29.